The maximum atomic E-state index is 13.8. The van der Waals surface area contributed by atoms with Crippen molar-refractivity contribution in [1.82, 2.24) is 0 Å². The third kappa shape index (κ3) is 5.63. The Morgan fingerprint density at radius 2 is 1.76 bits per heavy atom. The summed E-state index contributed by atoms with van der Waals surface area (Å²) < 4.78 is 39.4. The fraction of sp³-hybridized carbons (Fsp3) is 0.240. The molecule has 0 fully saturated rings. The van der Waals surface area contributed by atoms with E-state index in [0.717, 1.165) is 15.4 Å². The van der Waals surface area contributed by atoms with E-state index in [9.17, 15) is 13.2 Å². The summed E-state index contributed by atoms with van der Waals surface area (Å²) in [6, 6.07) is 16.5. The largest absolute Gasteiger partial charge is 0.495 e. The van der Waals surface area contributed by atoms with Crippen LogP contribution in [0, 0.1) is 13.8 Å². The fourth-order valence-electron chi connectivity index (χ4n) is 3.41. The first kappa shape index (κ1) is 25.4. The van der Waals surface area contributed by atoms with Gasteiger partial charge in [0.05, 0.1) is 19.4 Å². The summed E-state index contributed by atoms with van der Waals surface area (Å²) in [4.78, 5) is 12.9. The van der Waals surface area contributed by atoms with Gasteiger partial charge in [-0.1, -0.05) is 23.7 Å². The molecule has 7 nitrogen and oxygen atoms in total. The van der Waals surface area contributed by atoms with E-state index < -0.39 is 22.5 Å². The Kier molecular flexibility index (Phi) is 8.06. The van der Waals surface area contributed by atoms with Crippen LogP contribution in [0.4, 0.5) is 11.4 Å². The van der Waals surface area contributed by atoms with E-state index in [-0.39, 0.29) is 15.7 Å². The molecule has 1 amide bonds. The quantitative estimate of drug-likeness (QED) is 0.435. The number of nitrogens with one attached hydrogen (secondary N) is 1. The van der Waals surface area contributed by atoms with E-state index in [0.29, 0.717) is 23.7 Å². The van der Waals surface area contributed by atoms with Crippen LogP contribution in [-0.4, -0.2) is 34.6 Å². The number of nitrogens with zero attached hydrogens (tertiary/aromatic N) is 1. The number of benzene rings is 3. The minimum atomic E-state index is -4.22. The highest BCUT2D eigenvalue weighted by atomic mass is 35.5. The number of hydrogen-bond donors (Lipinski definition) is 1. The minimum Gasteiger partial charge on any atom is -0.495 e. The fourth-order valence-corrected chi connectivity index (χ4v) is 5.31. The Bertz CT molecular complexity index is 1280. The summed E-state index contributed by atoms with van der Waals surface area (Å²) in [5.74, 6) is 0.300. The van der Waals surface area contributed by atoms with E-state index in [1.165, 1.54) is 19.2 Å². The molecule has 3 aromatic carbocycles. The molecule has 34 heavy (non-hydrogen) atoms. The van der Waals surface area contributed by atoms with Crippen molar-refractivity contribution in [2.45, 2.75) is 25.7 Å². The molecule has 0 aliphatic rings. The van der Waals surface area contributed by atoms with E-state index in [4.69, 9.17) is 21.1 Å². The van der Waals surface area contributed by atoms with Crippen LogP contribution in [0.2, 0.25) is 5.02 Å². The molecule has 0 spiro atoms. The Hall–Kier alpha value is -3.23. The third-order valence-corrected chi connectivity index (χ3v) is 7.29. The van der Waals surface area contributed by atoms with Gasteiger partial charge in [0.15, 0.2) is 0 Å². The van der Waals surface area contributed by atoms with Gasteiger partial charge in [0.1, 0.15) is 22.9 Å². The van der Waals surface area contributed by atoms with Crippen molar-refractivity contribution < 1.29 is 22.7 Å². The standard InChI is InChI=1S/C25H27ClN2O5S/c1-5-33-21-12-10-20(11-13-21)27-25(29)16-28(22-8-6-7-17(2)18(22)3)34(30,31)24-15-19(26)9-14-23(24)32-4/h6-15H,5,16H2,1-4H3,(H,27,29). The number of sulfonamides is 1. The lowest BCUT2D eigenvalue weighted by molar-refractivity contribution is -0.114. The van der Waals surface area contributed by atoms with Gasteiger partial charge in [-0.3, -0.25) is 9.10 Å². The van der Waals surface area contributed by atoms with Gasteiger partial charge in [-0.25, -0.2) is 8.42 Å². The Morgan fingerprint density at radius 3 is 2.41 bits per heavy atom. The van der Waals surface area contributed by atoms with E-state index in [2.05, 4.69) is 5.32 Å². The molecule has 0 aromatic heterocycles. The lowest BCUT2D eigenvalue weighted by atomic mass is 10.1. The summed E-state index contributed by atoms with van der Waals surface area (Å²) >= 11 is 6.11. The summed E-state index contributed by atoms with van der Waals surface area (Å²) in [5.41, 5.74) is 2.54. The summed E-state index contributed by atoms with van der Waals surface area (Å²) in [7, 11) is -2.84. The molecule has 9 heteroatoms. The zero-order chi connectivity index (χ0) is 24.9. The molecule has 0 radical (unpaired) electrons. The number of amides is 1. The zero-order valence-corrected chi connectivity index (χ0v) is 21.0. The molecule has 1 N–H and O–H groups in total. The Morgan fingerprint density at radius 1 is 1.06 bits per heavy atom. The third-order valence-electron chi connectivity index (χ3n) is 5.27. The van der Waals surface area contributed by atoms with Crippen molar-refractivity contribution >= 4 is 38.9 Å². The van der Waals surface area contributed by atoms with Gasteiger partial charge in [0, 0.05) is 10.7 Å². The molecular weight excluding hydrogens is 476 g/mol. The predicted molar refractivity (Wildman–Crippen MR) is 135 cm³/mol. The van der Waals surface area contributed by atoms with Gasteiger partial charge in [-0.2, -0.15) is 0 Å². The van der Waals surface area contributed by atoms with Crippen LogP contribution in [-0.2, 0) is 14.8 Å². The molecule has 0 atom stereocenters. The second kappa shape index (κ2) is 10.8. The van der Waals surface area contributed by atoms with Crippen molar-refractivity contribution in [3.05, 3.63) is 76.8 Å². The molecule has 0 aliphatic heterocycles. The van der Waals surface area contributed by atoms with Gasteiger partial charge in [0.25, 0.3) is 10.0 Å². The average Bonchev–Trinajstić information content (AvgIpc) is 2.81. The van der Waals surface area contributed by atoms with Crippen LogP contribution < -0.4 is 19.1 Å². The smallest absolute Gasteiger partial charge is 0.268 e. The number of methoxy groups -OCH3 is 1. The molecule has 0 bridgehead atoms. The highest BCUT2D eigenvalue weighted by molar-refractivity contribution is 7.93. The zero-order valence-electron chi connectivity index (χ0n) is 19.5. The van der Waals surface area contributed by atoms with Crippen molar-refractivity contribution in [2.24, 2.45) is 0 Å². The summed E-state index contributed by atoms with van der Waals surface area (Å²) in [6.45, 7) is 5.65. The molecular formula is C25H27ClN2O5S. The SMILES string of the molecule is CCOc1ccc(NC(=O)CN(c2cccc(C)c2C)S(=O)(=O)c2cc(Cl)ccc2OC)cc1. The average molecular weight is 503 g/mol. The van der Waals surface area contributed by atoms with E-state index >= 15 is 0 Å². The van der Waals surface area contributed by atoms with Crippen molar-refractivity contribution in [2.75, 3.05) is 29.9 Å². The van der Waals surface area contributed by atoms with Gasteiger partial charge in [0.2, 0.25) is 5.91 Å². The van der Waals surface area contributed by atoms with Gasteiger partial charge >= 0.3 is 0 Å². The lowest BCUT2D eigenvalue weighted by Crippen LogP contribution is -2.38. The second-order valence-electron chi connectivity index (χ2n) is 7.53. The van der Waals surface area contributed by atoms with Gasteiger partial charge in [-0.15, -0.1) is 0 Å². The van der Waals surface area contributed by atoms with Crippen LogP contribution in [0.1, 0.15) is 18.1 Å². The predicted octanol–water partition coefficient (Wildman–Crippen LogP) is 5.20. The van der Waals surface area contributed by atoms with Crippen molar-refractivity contribution in [3.63, 3.8) is 0 Å². The molecule has 3 aromatic rings. The van der Waals surface area contributed by atoms with Gasteiger partial charge in [-0.05, 0) is 80.4 Å². The highest BCUT2D eigenvalue weighted by Gasteiger charge is 2.31. The first-order valence-corrected chi connectivity index (χ1v) is 12.4. The first-order chi connectivity index (χ1) is 16.2. The van der Waals surface area contributed by atoms with Crippen molar-refractivity contribution in [3.8, 4) is 11.5 Å². The summed E-state index contributed by atoms with van der Waals surface area (Å²) in [6.07, 6.45) is 0. The normalized spacial score (nSPS) is 11.1. The molecule has 180 valence electrons. The molecule has 0 saturated heterocycles. The number of rotatable bonds is 9. The van der Waals surface area contributed by atoms with Crippen LogP contribution in [0.3, 0.4) is 0 Å². The number of aryl methyl sites for hydroxylation is 1. The van der Waals surface area contributed by atoms with Crippen LogP contribution >= 0.6 is 11.6 Å². The Labute approximate surface area is 205 Å². The molecule has 0 aliphatic carbocycles. The maximum absolute atomic E-state index is 13.8. The highest BCUT2D eigenvalue weighted by Crippen LogP contribution is 2.34. The van der Waals surface area contributed by atoms with Crippen LogP contribution in [0.15, 0.2) is 65.6 Å². The molecule has 0 unspecified atom stereocenters. The minimum absolute atomic E-state index is 0.128. The lowest BCUT2D eigenvalue weighted by Gasteiger charge is -2.27. The number of ether oxygens (including phenoxy) is 2. The number of hydrogen-bond acceptors (Lipinski definition) is 5. The second-order valence-corrected chi connectivity index (χ2v) is 9.80. The monoisotopic (exact) mass is 502 g/mol. The van der Waals surface area contributed by atoms with E-state index in [1.54, 1.807) is 42.5 Å². The number of carbonyl (C=O) groups is 1. The number of halogens is 1. The van der Waals surface area contributed by atoms with Crippen molar-refractivity contribution in [1.29, 1.82) is 0 Å². The molecule has 0 heterocycles. The Balaban J connectivity index is 2.00. The first-order valence-electron chi connectivity index (χ1n) is 10.6. The van der Waals surface area contributed by atoms with Gasteiger partial charge < -0.3 is 14.8 Å². The van der Waals surface area contributed by atoms with Crippen LogP contribution in [0.25, 0.3) is 0 Å². The topological polar surface area (TPSA) is 84.9 Å². The maximum Gasteiger partial charge on any atom is 0.268 e. The number of carbonyl (C=O) groups excluding carboxylic acids is 1. The van der Waals surface area contributed by atoms with E-state index in [1.807, 2.05) is 26.8 Å². The summed E-state index contributed by atoms with van der Waals surface area (Å²) in [5, 5.41) is 2.99. The van der Waals surface area contributed by atoms with Crippen LogP contribution in [0.5, 0.6) is 11.5 Å². The molecule has 3 rings (SSSR count). The number of anilines is 2. The molecule has 0 saturated carbocycles.